The normalized spacial score (nSPS) is 9.86. The van der Waals surface area contributed by atoms with Gasteiger partial charge in [-0.25, -0.2) is 4.79 Å². The minimum atomic E-state index is -0.459. The number of esters is 1. The molecule has 1 heterocycles. The summed E-state index contributed by atoms with van der Waals surface area (Å²) in [5.41, 5.74) is 0. The lowest BCUT2D eigenvalue weighted by Gasteiger charge is -1.97. The molecule has 0 aliphatic carbocycles. The summed E-state index contributed by atoms with van der Waals surface area (Å²) < 4.78 is 9.95. The van der Waals surface area contributed by atoms with Crippen molar-refractivity contribution in [2.24, 2.45) is 0 Å². The number of halogens is 1. The molecule has 0 spiro atoms. The molecule has 14 heavy (non-hydrogen) atoms. The van der Waals surface area contributed by atoms with E-state index in [-0.39, 0.29) is 5.76 Å². The zero-order valence-corrected chi connectivity index (χ0v) is 8.63. The summed E-state index contributed by atoms with van der Waals surface area (Å²) in [6.07, 6.45) is 0.418. The number of allylic oxidation sites excluding steroid dienone is 1. The highest BCUT2D eigenvalue weighted by Gasteiger charge is 2.11. The van der Waals surface area contributed by atoms with Gasteiger partial charge in [-0.2, -0.15) is 0 Å². The van der Waals surface area contributed by atoms with E-state index in [4.69, 9.17) is 20.8 Å². The number of carbonyl (C=O) groups excluding carboxylic acids is 1. The molecular formula is C10H11ClO3. The maximum absolute atomic E-state index is 11.2. The first-order valence-corrected chi connectivity index (χ1v) is 4.60. The van der Waals surface area contributed by atoms with Crippen LogP contribution in [0, 0.1) is 0 Å². The molecular weight excluding hydrogens is 204 g/mol. The molecule has 0 atom stereocenters. The Morgan fingerprint density at radius 2 is 2.36 bits per heavy atom. The van der Waals surface area contributed by atoms with E-state index in [2.05, 4.69) is 6.58 Å². The first-order valence-electron chi connectivity index (χ1n) is 4.22. The highest BCUT2D eigenvalue weighted by Crippen LogP contribution is 2.14. The van der Waals surface area contributed by atoms with E-state index in [0.29, 0.717) is 23.8 Å². The molecule has 0 fully saturated rings. The molecule has 0 aliphatic heterocycles. The molecule has 1 aromatic rings. The predicted octanol–water partition coefficient (Wildman–Crippen LogP) is 2.75. The minimum absolute atomic E-state index is 0.194. The maximum Gasteiger partial charge on any atom is 0.374 e. The summed E-state index contributed by atoms with van der Waals surface area (Å²) in [6.45, 7) is 5.60. The van der Waals surface area contributed by atoms with Crippen molar-refractivity contribution < 1.29 is 13.9 Å². The van der Waals surface area contributed by atoms with Gasteiger partial charge in [0.05, 0.1) is 6.61 Å². The van der Waals surface area contributed by atoms with Crippen molar-refractivity contribution in [3.05, 3.63) is 35.3 Å². The smallest absolute Gasteiger partial charge is 0.374 e. The van der Waals surface area contributed by atoms with E-state index in [0.717, 1.165) is 0 Å². The molecule has 0 bridgehead atoms. The van der Waals surface area contributed by atoms with Crippen LogP contribution in [0.1, 0.15) is 23.2 Å². The van der Waals surface area contributed by atoms with Gasteiger partial charge in [0.2, 0.25) is 5.76 Å². The predicted molar refractivity (Wildman–Crippen MR) is 53.4 cm³/mol. The van der Waals surface area contributed by atoms with Crippen molar-refractivity contribution in [1.29, 1.82) is 0 Å². The number of hydrogen-bond donors (Lipinski definition) is 0. The van der Waals surface area contributed by atoms with E-state index in [1.165, 1.54) is 0 Å². The second-order valence-corrected chi connectivity index (χ2v) is 3.21. The van der Waals surface area contributed by atoms with Gasteiger partial charge >= 0.3 is 5.97 Å². The third-order valence-electron chi connectivity index (χ3n) is 1.50. The number of ether oxygens (including phenoxy) is 1. The van der Waals surface area contributed by atoms with Crippen LogP contribution in [-0.2, 0) is 11.2 Å². The second kappa shape index (κ2) is 4.86. The van der Waals surface area contributed by atoms with Crippen molar-refractivity contribution in [2.75, 3.05) is 6.61 Å². The monoisotopic (exact) mass is 214 g/mol. The molecule has 1 rings (SSSR count). The average Bonchev–Trinajstić information content (AvgIpc) is 2.52. The summed E-state index contributed by atoms with van der Waals surface area (Å²) in [4.78, 5) is 11.2. The highest BCUT2D eigenvalue weighted by atomic mass is 35.5. The van der Waals surface area contributed by atoms with Crippen molar-refractivity contribution in [3.8, 4) is 0 Å². The van der Waals surface area contributed by atoms with Crippen LogP contribution in [-0.4, -0.2) is 12.6 Å². The third-order valence-corrected chi connectivity index (χ3v) is 1.64. The van der Waals surface area contributed by atoms with Gasteiger partial charge in [0, 0.05) is 11.5 Å². The van der Waals surface area contributed by atoms with Crippen LogP contribution in [0.4, 0.5) is 0 Å². The van der Waals surface area contributed by atoms with Gasteiger partial charge < -0.3 is 9.15 Å². The summed E-state index contributed by atoms with van der Waals surface area (Å²) in [6, 6.07) is 3.24. The molecule has 76 valence electrons. The molecule has 4 heteroatoms. The van der Waals surface area contributed by atoms with Crippen LogP contribution in [0.25, 0.3) is 0 Å². The first-order chi connectivity index (χ1) is 6.63. The Morgan fingerprint density at radius 1 is 1.64 bits per heavy atom. The molecule has 0 radical (unpaired) electrons. The lowest BCUT2D eigenvalue weighted by Crippen LogP contribution is -2.02. The summed E-state index contributed by atoms with van der Waals surface area (Å²) >= 11 is 5.59. The molecule has 0 N–H and O–H groups in total. The fourth-order valence-electron chi connectivity index (χ4n) is 0.974. The van der Waals surface area contributed by atoms with Gasteiger partial charge in [-0.1, -0.05) is 18.2 Å². The quantitative estimate of drug-likeness (QED) is 0.724. The molecule has 1 aromatic heterocycles. The Balaban J connectivity index is 2.67. The number of furan rings is 1. The standard InChI is InChI=1S/C10H11ClO3/c1-3-13-10(12)9-5-4-8(14-9)6-7(2)11/h4-5H,2-3,6H2,1H3. The van der Waals surface area contributed by atoms with Gasteiger partial charge in [0.1, 0.15) is 5.76 Å². The molecule has 0 saturated heterocycles. The third kappa shape index (κ3) is 2.92. The largest absolute Gasteiger partial charge is 0.460 e. The minimum Gasteiger partial charge on any atom is -0.460 e. The Bertz CT molecular complexity index is 341. The van der Waals surface area contributed by atoms with Crippen molar-refractivity contribution in [2.45, 2.75) is 13.3 Å². The Labute approximate surface area is 87.3 Å². The molecule has 0 saturated carbocycles. The van der Waals surface area contributed by atoms with Gasteiger partial charge in [-0.3, -0.25) is 0 Å². The van der Waals surface area contributed by atoms with Crippen molar-refractivity contribution in [1.82, 2.24) is 0 Å². The van der Waals surface area contributed by atoms with E-state index in [9.17, 15) is 4.79 Å². The van der Waals surface area contributed by atoms with Crippen LogP contribution in [0.3, 0.4) is 0 Å². The molecule has 0 aliphatic rings. The topological polar surface area (TPSA) is 39.4 Å². The van der Waals surface area contributed by atoms with Gasteiger partial charge in [0.25, 0.3) is 0 Å². The Kier molecular flexibility index (Phi) is 3.77. The van der Waals surface area contributed by atoms with E-state index in [1.807, 2.05) is 0 Å². The van der Waals surface area contributed by atoms with Crippen LogP contribution < -0.4 is 0 Å². The maximum atomic E-state index is 11.2. The fourth-order valence-corrected chi connectivity index (χ4v) is 1.11. The summed E-state index contributed by atoms with van der Waals surface area (Å²) in [7, 11) is 0. The lowest BCUT2D eigenvalue weighted by molar-refractivity contribution is 0.0488. The number of carbonyl (C=O) groups is 1. The second-order valence-electron chi connectivity index (χ2n) is 2.68. The number of hydrogen-bond acceptors (Lipinski definition) is 3. The van der Waals surface area contributed by atoms with Gasteiger partial charge in [-0.05, 0) is 19.1 Å². The van der Waals surface area contributed by atoms with E-state index in [1.54, 1.807) is 19.1 Å². The van der Waals surface area contributed by atoms with Gasteiger partial charge in [-0.15, -0.1) is 0 Å². The van der Waals surface area contributed by atoms with Crippen LogP contribution in [0.5, 0.6) is 0 Å². The summed E-state index contributed by atoms with van der Waals surface area (Å²) in [5, 5.41) is 0.467. The van der Waals surface area contributed by atoms with Crippen molar-refractivity contribution in [3.63, 3.8) is 0 Å². The average molecular weight is 215 g/mol. The fraction of sp³-hybridized carbons (Fsp3) is 0.300. The van der Waals surface area contributed by atoms with E-state index >= 15 is 0 Å². The lowest BCUT2D eigenvalue weighted by atomic mass is 10.3. The summed E-state index contributed by atoms with van der Waals surface area (Å²) in [5.74, 6) is 0.340. The molecule has 0 unspecified atom stereocenters. The van der Waals surface area contributed by atoms with Crippen LogP contribution in [0.15, 0.2) is 28.2 Å². The highest BCUT2D eigenvalue weighted by molar-refractivity contribution is 6.29. The first kappa shape index (κ1) is 10.9. The molecule has 3 nitrogen and oxygen atoms in total. The van der Waals surface area contributed by atoms with Gasteiger partial charge in [0.15, 0.2) is 0 Å². The Hall–Kier alpha value is -1.22. The number of rotatable bonds is 4. The molecule has 0 aromatic carbocycles. The zero-order valence-electron chi connectivity index (χ0n) is 7.88. The van der Waals surface area contributed by atoms with E-state index < -0.39 is 5.97 Å². The Morgan fingerprint density at radius 3 is 2.93 bits per heavy atom. The SMILES string of the molecule is C=C(Cl)Cc1ccc(C(=O)OCC)o1. The molecule has 0 amide bonds. The van der Waals surface area contributed by atoms with Crippen molar-refractivity contribution >= 4 is 17.6 Å². The zero-order chi connectivity index (χ0) is 10.6. The van der Waals surface area contributed by atoms with Crippen LogP contribution in [0.2, 0.25) is 0 Å². The van der Waals surface area contributed by atoms with Crippen LogP contribution >= 0.6 is 11.6 Å².